The van der Waals surface area contributed by atoms with E-state index in [2.05, 4.69) is 41.1 Å². The second-order valence-electron chi connectivity index (χ2n) is 7.61. The van der Waals surface area contributed by atoms with Gasteiger partial charge in [0.1, 0.15) is 0 Å². The molecule has 23 heavy (non-hydrogen) atoms. The maximum absolute atomic E-state index is 6.01. The van der Waals surface area contributed by atoms with Crippen LogP contribution < -0.4 is 0 Å². The van der Waals surface area contributed by atoms with Crippen molar-refractivity contribution in [3.8, 4) is 0 Å². The minimum atomic E-state index is -0.117. The summed E-state index contributed by atoms with van der Waals surface area (Å²) in [6, 6.07) is 0. The molecule has 0 spiro atoms. The number of tetrazole rings is 1. The summed E-state index contributed by atoms with van der Waals surface area (Å²) in [6.45, 7) is 10.7. The van der Waals surface area contributed by atoms with Gasteiger partial charge in [0.05, 0.1) is 30.9 Å². The van der Waals surface area contributed by atoms with Gasteiger partial charge in [-0.15, -0.1) is 10.2 Å². The van der Waals surface area contributed by atoms with E-state index in [4.69, 9.17) is 9.47 Å². The lowest BCUT2D eigenvalue weighted by molar-refractivity contribution is -0.0428. The summed E-state index contributed by atoms with van der Waals surface area (Å²) < 4.78 is 11.6. The van der Waals surface area contributed by atoms with Crippen LogP contribution in [0.5, 0.6) is 0 Å². The number of ether oxygens (including phenoxy) is 2. The van der Waals surface area contributed by atoms with Gasteiger partial charge in [-0.05, 0) is 51.7 Å². The Balaban J connectivity index is 1.39. The molecule has 0 aliphatic carbocycles. The predicted molar refractivity (Wildman–Crippen MR) is 86.0 cm³/mol. The average molecular weight is 323 g/mol. The van der Waals surface area contributed by atoms with Crippen LogP contribution in [0.15, 0.2) is 0 Å². The van der Waals surface area contributed by atoms with Crippen molar-refractivity contribution in [2.24, 2.45) is 0 Å². The zero-order valence-corrected chi connectivity index (χ0v) is 14.6. The molecule has 130 valence electrons. The third-order valence-electron chi connectivity index (χ3n) is 4.50. The first kappa shape index (κ1) is 16.8. The first-order valence-corrected chi connectivity index (χ1v) is 8.75. The molecule has 7 heteroatoms. The smallest absolute Gasteiger partial charge is 0.188 e. The highest BCUT2D eigenvalue weighted by Gasteiger charge is 2.24. The van der Waals surface area contributed by atoms with Gasteiger partial charge in [0, 0.05) is 19.7 Å². The maximum Gasteiger partial charge on any atom is 0.188 e. The van der Waals surface area contributed by atoms with E-state index in [1.54, 1.807) is 4.80 Å². The van der Waals surface area contributed by atoms with Crippen molar-refractivity contribution < 1.29 is 9.47 Å². The zero-order chi connectivity index (χ0) is 16.3. The third-order valence-corrected chi connectivity index (χ3v) is 4.50. The van der Waals surface area contributed by atoms with Crippen LogP contribution in [0.4, 0.5) is 0 Å². The summed E-state index contributed by atoms with van der Waals surface area (Å²) >= 11 is 0. The number of aromatic nitrogens is 4. The average Bonchev–Trinajstić information content (AvgIpc) is 3.17. The summed E-state index contributed by atoms with van der Waals surface area (Å²) in [5.41, 5.74) is -0.117. The molecule has 1 aromatic rings. The van der Waals surface area contributed by atoms with Crippen molar-refractivity contribution >= 4 is 0 Å². The topological polar surface area (TPSA) is 65.3 Å². The third kappa shape index (κ3) is 4.71. The largest absolute Gasteiger partial charge is 0.376 e. The van der Waals surface area contributed by atoms with Crippen molar-refractivity contribution in [3.63, 3.8) is 0 Å². The fourth-order valence-corrected chi connectivity index (χ4v) is 3.04. The van der Waals surface area contributed by atoms with Gasteiger partial charge >= 0.3 is 0 Å². The van der Waals surface area contributed by atoms with Crippen LogP contribution in [-0.4, -0.2) is 63.6 Å². The van der Waals surface area contributed by atoms with Crippen molar-refractivity contribution in [1.82, 2.24) is 25.1 Å². The molecular weight excluding hydrogens is 294 g/mol. The first-order valence-electron chi connectivity index (χ1n) is 8.75. The van der Waals surface area contributed by atoms with Crippen LogP contribution in [-0.2, 0) is 21.6 Å². The van der Waals surface area contributed by atoms with Gasteiger partial charge in [-0.3, -0.25) is 4.90 Å². The Morgan fingerprint density at radius 1 is 1.22 bits per heavy atom. The van der Waals surface area contributed by atoms with E-state index >= 15 is 0 Å². The minimum absolute atomic E-state index is 0.117. The number of hydrogen-bond donors (Lipinski definition) is 0. The van der Waals surface area contributed by atoms with Crippen LogP contribution >= 0.6 is 0 Å². The summed E-state index contributed by atoms with van der Waals surface area (Å²) in [5.74, 6) is 0.804. The predicted octanol–water partition coefficient (Wildman–Crippen LogP) is 1.59. The van der Waals surface area contributed by atoms with Crippen molar-refractivity contribution in [2.75, 3.05) is 26.3 Å². The molecule has 1 aromatic heterocycles. The van der Waals surface area contributed by atoms with Crippen LogP contribution in [0.25, 0.3) is 0 Å². The molecule has 3 rings (SSSR count). The fourth-order valence-electron chi connectivity index (χ4n) is 3.04. The number of likely N-dealkylation sites (tertiary alicyclic amines) is 1. The van der Waals surface area contributed by atoms with E-state index in [0.717, 1.165) is 57.9 Å². The Morgan fingerprint density at radius 3 is 2.61 bits per heavy atom. The molecule has 2 aliphatic rings. The Hall–Kier alpha value is -1.05. The molecule has 0 aromatic carbocycles. The molecule has 0 saturated carbocycles. The SMILES string of the molecule is CC(C)(C)n1nnc(CN2CCC(OCC3CCCO3)CC2)n1. The molecule has 3 heterocycles. The maximum atomic E-state index is 6.01. The number of hydrogen-bond acceptors (Lipinski definition) is 6. The quantitative estimate of drug-likeness (QED) is 0.820. The molecule has 2 saturated heterocycles. The van der Waals surface area contributed by atoms with E-state index in [-0.39, 0.29) is 5.54 Å². The fraction of sp³-hybridized carbons (Fsp3) is 0.938. The molecule has 0 bridgehead atoms. The van der Waals surface area contributed by atoms with Crippen LogP contribution in [0, 0.1) is 0 Å². The van der Waals surface area contributed by atoms with Gasteiger partial charge in [-0.2, -0.15) is 4.80 Å². The molecule has 7 nitrogen and oxygen atoms in total. The molecule has 2 fully saturated rings. The highest BCUT2D eigenvalue weighted by molar-refractivity contribution is 4.82. The van der Waals surface area contributed by atoms with Gasteiger partial charge in [-0.25, -0.2) is 0 Å². The molecule has 1 atom stereocenters. The number of rotatable bonds is 5. The molecule has 0 N–H and O–H groups in total. The van der Waals surface area contributed by atoms with E-state index < -0.39 is 0 Å². The van der Waals surface area contributed by atoms with Crippen molar-refractivity contribution in [3.05, 3.63) is 5.82 Å². The Kier molecular flexibility index (Phi) is 5.28. The van der Waals surface area contributed by atoms with E-state index in [1.807, 2.05) is 0 Å². The van der Waals surface area contributed by atoms with Crippen LogP contribution in [0.1, 0.15) is 52.3 Å². The molecule has 1 unspecified atom stereocenters. The summed E-state index contributed by atoms with van der Waals surface area (Å²) in [6.07, 6.45) is 5.15. The van der Waals surface area contributed by atoms with E-state index in [1.165, 1.54) is 6.42 Å². The normalized spacial score (nSPS) is 24.4. The Morgan fingerprint density at radius 2 is 2.00 bits per heavy atom. The number of piperidine rings is 1. The molecular formula is C16H29N5O2. The Labute approximate surface area is 138 Å². The van der Waals surface area contributed by atoms with Gasteiger partial charge in [0.2, 0.25) is 0 Å². The minimum Gasteiger partial charge on any atom is -0.376 e. The zero-order valence-electron chi connectivity index (χ0n) is 14.6. The second-order valence-corrected chi connectivity index (χ2v) is 7.61. The summed E-state index contributed by atoms with van der Waals surface area (Å²) in [7, 11) is 0. The van der Waals surface area contributed by atoms with Gasteiger partial charge in [0.25, 0.3) is 0 Å². The van der Waals surface area contributed by atoms with Crippen molar-refractivity contribution in [1.29, 1.82) is 0 Å². The Bertz CT molecular complexity index is 485. The highest BCUT2D eigenvalue weighted by atomic mass is 16.5. The summed E-state index contributed by atoms with van der Waals surface area (Å²) in [5, 5.41) is 12.8. The van der Waals surface area contributed by atoms with Gasteiger partial charge < -0.3 is 9.47 Å². The standard InChI is InChI=1S/C16H29N5O2/c1-16(2,3)21-18-15(17-19-21)11-20-8-6-13(7-9-20)23-12-14-5-4-10-22-14/h13-14H,4-12H2,1-3H3. The number of nitrogens with zero attached hydrogens (tertiary/aromatic N) is 5. The monoisotopic (exact) mass is 323 g/mol. The van der Waals surface area contributed by atoms with Gasteiger partial charge in [-0.1, -0.05) is 0 Å². The first-order chi connectivity index (χ1) is 11.0. The molecule has 0 amide bonds. The van der Waals surface area contributed by atoms with Crippen LogP contribution in [0.2, 0.25) is 0 Å². The summed E-state index contributed by atoms with van der Waals surface area (Å²) in [4.78, 5) is 4.08. The van der Waals surface area contributed by atoms with E-state index in [0.29, 0.717) is 12.2 Å². The lowest BCUT2D eigenvalue weighted by atomic mass is 10.1. The van der Waals surface area contributed by atoms with Gasteiger partial charge in [0.15, 0.2) is 5.82 Å². The lowest BCUT2D eigenvalue weighted by Crippen LogP contribution is -2.37. The van der Waals surface area contributed by atoms with Crippen molar-refractivity contribution in [2.45, 2.75) is 70.7 Å². The lowest BCUT2D eigenvalue weighted by Gasteiger charge is -2.31. The second kappa shape index (κ2) is 7.23. The molecule has 0 radical (unpaired) electrons. The van der Waals surface area contributed by atoms with E-state index in [9.17, 15) is 0 Å². The molecule has 2 aliphatic heterocycles. The highest BCUT2D eigenvalue weighted by Crippen LogP contribution is 2.18. The van der Waals surface area contributed by atoms with Crippen LogP contribution in [0.3, 0.4) is 0 Å².